The van der Waals surface area contributed by atoms with Gasteiger partial charge in [-0.1, -0.05) is 19.1 Å². The van der Waals surface area contributed by atoms with Crippen LogP contribution in [0, 0.1) is 5.82 Å². The Morgan fingerprint density at radius 2 is 2.27 bits per heavy atom. The van der Waals surface area contributed by atoms with Gasteiger partial charge in [0.25, 0.3) is 0 Å². The van der Waals surface area contributed by atoms with Crippen LogP contribution in [0.5, 0.6) is 0 Å². The Hall–Kier alpha value is -1.38. The summed E-state index contributed by atoms with van der Waals surface area (Å²) in [6, 6.07) is 6.45. The van der Waals surface area contributed by atoms with E-state index in [0.717, 1.165) is 12.0 Å². The highest BCUT2D eigenvalue weighted by atomic mass is 19.1. The van der Waals surface area contributed by atoms with E-state index in [-0.39, 0.29) is 17.6 Å². The summed E-state index contributed by atoms with van der Waals surface area (Å²) in [6.45, 7) is 2.00. The summed E-state index contributed by atoms with van der Waals surface area (Å²) in [6.07, 6.45) is 1.24. The summed E-state index contributed by atoms with van der Waals surface area (Å²) in [4.78, 5) is 11.2. The zero-order chi connectivity index (χ0) is 11.3. The first-order valence-electron chi connectivity index (χ1n) is 5.13. The molecule has 0 radical (unpaired) electrons. The second-order valence-electron chi connectivity index (χ2n) is 3.54. The van der Waals surface area contributed by atoms with Crippen molar-refractivity contribution in [3.05, 3.63) is 35.6 Å². The summed E-state index contributed by atoms with van der Waals surface area (Å²) in [5.41, 5.74) is 0.890. The van der Waals surface area contributed by atoms with Gasteiger partial charge in [0.2, 0.25) is 5.91 Å². The normalized spacial score (nSPS) is 12.2. The fourth-order valence-corrected chi connectivity index (χ4v) is 1.58. The van der Waals surface area contributed by atoms with Crippen LogP contribution in [-0.4, -0.2) is 13.0 Å². The average Bonchev–Trinajstić information content (AvgIpc) is 2.25. The number of hydrogen-bond acceptors (Lipinski definition) is 1. The predicted octanol–water partition coefficient (Wildman–Crippen LogP) is 2.46. The lowest BCUT2D eigenvalue weighted by Gasteiger charge is -2.14. The topological polar surface area (TPSA) is 29.1 Å². The van der Waals surface area contributed by atoms with Crippen molar-refractivity contribution in [1.82, 2.24) is 5.32 Å². The molecule has 0 saturated carbocycles. The third-order valence-electron chi connectivity index (χ3n) is 2.52. The van der Waals surface area contributed by atoms with E-state index < -0.39 is 0 Å². The van der Waals surface area contributed by atoms with Gasteiger partial charge in [0, 0.05) is 13.5 Å². The number of halogens is 1. The summed E-state index contributed by atoms with van der Waals surface area (Å²) in [5.74, 6) is -0.158. The molecule has 82 valence electrons. The van der Waals surface area contributed by atoms with Gasteiger partial charge in [-0.2, -0.15) is 0 Å². The lowest BCUT2D eigenvalue weighted by atomic mass is 9.93. The molecule has 1 amide bonds. The molecule has 0 spiro atoms. The van der Waals surface area contributed by atoms with Crippen LogP contribution in [0.25, 0.3) is 0 Å². The Kier molecular flexibility index (Phi) is 4.28. The lowest BCUT2D eigenvalue weighted by Crippen LogP contribution is -2.20. The molecule has 0 saturated heterocycles. The molecular formula is C12H16FNO. The van der Waals surface area contributed by atoms with E-state index >= 15 is 0 Å². The molecule has 1 aromatic carbocycles. The summed E-state index contributed by atoms with van der Waals surface area (Å²) < 4.78 is 13.0. The maximum atomic E-state index is 13.0. The molecule has 0 heterocycles. The highest BCUT2D eigenvalue weighted by Crippen LogP contribution is 2.23. The van der Waals surface area contributed by atoms with Crippen molar-refractivity contribution >= 4 is 5.91 Å². The first-order valence-corrected chi connectivity index (χ1v) is 5.13. The standard InChI is InChI=1S/C12H16FNO/c1-3-9(8-12(15)14-2)10-5-4-6-11(13)7-10/h4-7,9H,3,8H2,1-2H3,(H,14,15). The number of hydrogen-bond donors (Lipinski definition) is 1. The van der Waals surface area contributed by atoms with E-state index in [1.165, 1.54) is 12.1 Å². The number of carbonyl (C=O) groups excluding carboxylic acids is 1. The second kappa shape index (κ2) is 5.49. The summed E-state index contributed by atoms with van der Waals surface area (Å²) in [5, 5.41) is 2.58. The number of carbonyl (C=O) groups is 1. The molecule has 0 bridgehead atoms. The van der Waals surface area contributed by atoms with E-state index in [4.69, 9.17) is 0 Å². The minimum atomic E-state index is -0.247. The van der Waals surface area contributed by atoms with Gasteiger partial charge in [0.1, 0.15) is 5.82 Å². The third-order valence-corrected chi connectivity index (χ3v) is 2.52. The van der Waals surface area contributed by atoms with Gasteiger partial charge in [-0.25, -0.2) is 4.39 Å². The van der Waals surface area contributed by atoms with Crippen LogP contribution in [0.3, 0.4) is 0 Å². The van der Waals surface area contributed by atoms with Crippen LogP contribution >= 0.6 is 0 Å². The SMILES string of the molecule is CCC(CC(=O)NC)c1cccc(F)c1. The Morgan fingerprint density at radius 3 is 2.80 bits per heavy atom. The minimum Gasteiger partial charge on any atom is -0.359 e. The average molecular weight is 209 g/mol. The van der Waals surface area contributed by atoms with E-state index in [0.29, 0.717) is 6.42 Å². The molecule has 2 nitrogen and oxygen atoms in total. The molecule has 1 atom stereocenters. The first kappa shape index (κ1) is 11.7. The number of nitrogens with one attached hydrogen (secondary N) is 1. The Labute approximate surface area is 89.5 Å². The maximum Gasteiger partial charge on any atom is 0.220 e. The minimum absolute atomic E-state index is 0.00823. The predicted molar refractivity (Wildman–Crippen MR) is 58.1 cm³/mol. The fourth-order valence-electron chi connectivity index (χ4n) is 1.58. The highest BCUT2D eigenvalue weighted by molar-refractivity contribution is 5.76. The van der Waals surface area contributed by atoms with E-state index in [9.17, 15) is 9.18 Å². The number of benzene rings is 1. The zero-order valence-electron chi connectivity index (χ0n) is 9.09. The van der Waals surface area contributed by atoms with Crippen molar-refractivity contribution in [3.63, 3.8) is 0 Å². The Morgan fingerprint density at radius 1 is 1.53 bits per heavy atom. The molecule has 0 aliphatic rings. The molecule has 0 fully saturated rings. The van der Waals surface area contributed by atoms with Crippen LogP contribution < -0.4 is 5.32 Å². The van der Waals surface area contributed by atoms with Gasteiger partial charge >= 0.3 is 0 Å². The van der Waals surface area contributed by atoms with Gasteiger partial charge in [0.15, 0.2) is 0 Å². The van der Waals surface area contributed by atoms with Crippen LogP contribution in [-0.2, 0) is 4.79 Å². The molecule has 15 heavy (non-hydrogen) atoms. The molecular weight excluding hydrogens is 193 g/mol. The van der Waals surface area contributed by atoms with Crippen molar-refractivity contribution in [2.24, 2.45) is 0 Å². The van der Waals surface area contributed by atoms with Crippen molar-refractivity contribution in [2.75, 3.05) is 7.05 Å². The van der Waals surface area contributed by atoms with Crippen molar-refractivity contribution in [1.29, 1.82) is 0 Å². The van der Waals surface area contributed by atoms with E-state index in [2.05, 4.69) is 5.32 Å². The summed E-state index contributed by atoms with van der Waals surface area (Å²) >= 11 is 0. The van der Waals surface area contributed by atoms with Crippen LogP contribution in [0.15, 0.2) is 24.3 Å². The van der Waals surface area contributed by atoms with Gasteiger partial charge in [-0.05, 0) is 30.0 Å². The quantitative estimate of drug-likeness (QED) is 0.810. The second-order valence-corrected chi connectivity index (χ2v) is 3.54. The zero-order valence-corrected chi connectivity index (χ0v) is 9.09. The molecule has 1 rings (SSSR count). The van der Waals surface area contributed by atoms with Gasteiger partial charge in [-0.3, -0.25) is 4.79 Å². The van der Waals surface area contributed by atoms with Crippen molar-refractivity contribution < 1.29 is 9.18 Å². The van der Waals surface area contributed by atoms with E-state index in [1.54, 1.807) is 13.1 Å². The highest BCUT2D eigenvalue weighted by Gasteiger charge is 2.13. The molecule has 0 aromatic heterocycles. The molecule has 1 aromatic rings. The smallest absolute Gasteiger partial charge is 0.220 e. The monoisotopic (exact) mass is 209 g/mol. The Bertz CT molecular complexity index is 338. The maximum absolute atomic E-state index is 13.0. The molecule has 0 aliphatic heterocycles. The molecule has 0 aliphatic carbocycles. The lowest BCUT2D eigenvalue weighted by molar-refractivity contribution is -0.121. The van der Waals surface area contributed by atoms with Crippen LogP contribution in [0.1, 0.15) is 31.2 Å². The largest absolute Gasteiger partial charge is 0.359 e. The number of rotatable bonds is 4. The molecule has 1 unspecified atom stereocenters. The van der Waals surface area contributed by atoms with E-state index in [1.807, 2.05) is 13.0 Å². The van der Waals surface area contributed by atoms with Crippen LogP contribution in [0.4, 0.5) is 4.39 Å². The first-order chi connectivity index (χ1) is 7.17. The number of amides is 1. The molecule has 3 heteroatoms. The van der Waals surface area contributed by atoms with Gasteiger partial charge in [0.05, 0.1) is 0 Å². The van der Waals surface area contributed by atoms with Crippen LogP contribution in [0.2, 0.25) is 0 Å². The molecule has 1 N–H and O–H groups in total. The fraction of sp³-hybridized carbons (Fsp3) is 0.417. The third kappa shape index (κ3) is 3.35. The summed E-state index contributed by atoms with van der Waals surface area (Å²) in [7, 11) is 1.61. The van der Waals surface area contributed by atoms with Gasteiger partial charge in [-0.15, -0.1) is 0 Å². The van der Waals surface area contributed by atoms with Crippen molar-refractivity contribution in [3.8, 4) is 0 Å². The Balaban J connectivity index is 2.78. The van der Waals surface area contributed by atoms with Gasteiger partial charge < -0.3 is 5.32 Å². The van der Waals surface area contributed by atoms with Crippen molar-refractivity contribution in [2.45, 2.75) is 25.7 Å².